The molecule has 444 valence electrons. The standard InChI is InChI=1S/C63H66N18O6/c1-34(2)49-58-73-53(37(7)79(58)31-46(82)70-43-22-16-28-67-55(43)40-19-10-13-25-64-40)62(86)77-51(36(5)6)60-75-54(39(9)81(60)33-48(84)72-45-24-18-30-69-57(45)42-21-12-15-27-66-42)63(87)78-50(35(3)4)59-74-52(61(85)76-49)38(8)80(59)32-47(83)71-44-23-17-29-68-56(44)41-20-11-14-26-65-41/h10-30,34-36,49-51H,31-33H2,1-9H3,(H,70,82)(H,71,83)(H,72,84)(H,76,85)(H,77,86)(H,78,87)/t49-,50-,51-/m0/s1. The molecule has 1 aliphatic heterocycles. The van der Waals surface area contributed by atoms with Gasteiger partial charge >= 0.3 is 0 Å². The molecule has 0 spiro atoms. The summed E-state index contributed by atoms with van der Waals surface area (Å²) in [6.07, 6.45) is 9.67. The molecular weight excluding hydrogens is 1100 g/mol. The molecule has 6 N–H and O–H groups in total. The van der Waals surface area contributed by atoms with E-state index in [1.54, 1.807) is 144 Å². The molecule has 6 amide bonds. The van der Waals surface area contributed by atoms with E-state index in [2.05, 4.69) is 61.8 Å². The Morgan fingerprint density at radius 1 is 0.391 bits per heavy atom. The number of fused-ring (bicyclic) bond motifs is 6. The fourth-order valence-electron chi connectivity index (χ4n) is 10.5. The molecule has 9 aromatic heterocycles. The van der Waals surface area contributed by atoms with Gasteiger partial charge in [0.2, 0.25) is 17.7 Å². The molecule has 3 atom stereocenters. The fourth-order valence-corrected chi connectivity index (χ4v) is 10.5. The molecule has 9 aromatic rings. The number of nitrogens with one attached hydrogen (secondary N) is 6. The predicted octanol–water partition coefficient (Wildman–Crippen LogP) is 8.18. The minimum atomic E-state index is -0.971. The van der Waals surface area contributed by atoms with Gasteiger partial charge in [-0.25, -0.2) is 15.0 Å². The van der Waals surface area contributed by atoms with E-state index in [4.69, 9.17) is 15.0 Å². The normalized spacial score (nSPS) is 15.3. The molecule has 6 bridgehead atoms. The summed E-state index contributed by atoms with van der Waals surface area (Å²) in [6, 6.07) is 23.4. The molecule has 24 nitrogen and oxygen atoms in total. The maximum Gasteiger partial charge on any atom is 0.272 e. The van der Waals surface area contributed by atoms with Crippen LogP contribution in [0.25, 0.3) is 34.2 Å². The van der Waals surface area contributed by atoms with Crippen molar-refractivity contribution in [1.82, 2.24) is 74.5 Å². The Morgan fingerprint density at radius 3 is 0.897 bits per heavy atom. The minimum Gasteiger partial charge on any atom is -0.340 e. The van der Waals surface area contributed by atoms with Crippen molar-refractivity contribution >= 4 is 52.5 Å². The van der Waals surface area contributed by atoms with Crippen molar-refractivity contribution in [3.05, 3.63) is 180 Å². The van der Waals surface area contributed by atoms with Crippen LogP contribution in [0.5, 0.6) is 0 Å². The molecule has 0 unspecified atom stereocenters. The molecule has 0 fully saturated rings. The lowest BCUT2D eigenvalue weighted by Gasteiger charge is -2.23. The van der Waals surface area contributed by atoms with E-state index in [9.17, 15) is 14.4 Å². The number of anilines is 3. The van der Waals surface area contributed by atoms with Gasteiger partial charge in [0, 0.05) is 54.3 Å². The Labute approximate surface area is 501 Å². The third-order valence-electron chi connectivity index (χ3n) is 15.0. The van der Waals surface area contributed by atoms with Crippen molar-refractivity contribution in [2.75, 3.05) is 16.0 Å². The highest BCUT2D eigenvalue weighted by atomic mass is 16.2. The third kappa shape index (κ3) is 12.7. The van der Waals surface area contributed by atoms with Gasteiger partial charge in [-0.15, -0.1) is 0 Å². The second-order valence-electron chi connectivity index (χ2n) is 22.0. The Bertz CT molecular complexity index is 3630. The van der Waals surface area contributed by atoms with E-state index < -0.39 is 71.3 Å². The highest BCUT2D eigenvalue weighted by Gasteiger charge is 2.37. The van der Waals surface area contributed by atoms with Crippen molar-refractivity contribution in [3.8, 4) is 34.2 Å². The first kappa shape index (κ1) is 59.5. The number of nitrogens with zero attached hydrogens (tertiary/aromatic N) is 12. The summed E-state index contributed by atoms with van der Waals surface area (Å²) in [5, 5.41) is 18.4. The first-order valence-corrected chi connectivity index (χ1v) is 28.5. The van der Waals surface area contributed by atoms with Gasteiger partial charge in [-0.1, -0.05) is 59.7 Å². The van der Waals surface area contributed by atoms with Crippen LogP contribution >= 0.6 is 0 Å². The second kappa shape index (κ2) is 25.7. The Morgan fingerprint density at radius 2 is 0.655 bits per heavy atom. The maximum absolute atomic E-state index is 15.2. The Kier molecular flexibility index (Phi) is 17.6. The van der Waals surface area contributed by atoms with Crippen molar-refractivity contribution < 1.29 is 28.8 Å². The monoisotopic (exact) mass is 1170 g/mol. The lowest BCUT2D eigenvalue weighted by molar-refractivity contribution is -0.117. The summed E-state index contributed by atoms with van der Waals surface area (Å²) >= 11 is 0. The average molecular weight is 1170 g/mol. The van der Waals surface area contributed by atoms with Crippen molar-refractivity contribution in [3.63, 3.8) is 0 Å². The largest absolute Gasteiger partial charge is 0.340 e. The molecule has 24 heteroatoms. The molecule has 0 saturated carbocycles. The van der Waals surface area contributed by atoms with E-state index in [1.165, 1.54) is 0 Å². The van der Waals surface area contributed by atoms with Crippen LogP contribution in [0.15, 0.2) is 128 Å². The number of hydrogen-bond donors (Lipinski definition) is 6. The van der Waals surface area contributed by atoms with E-state index in [0.29, 0.717) is 51.2 Å². The summed E-state index contributed by atoms with van der Waals surface area (Å²) in [4.78, 5) is 131. The van der Waals surface area contributed by atoms with Gasteiger partial charge < -0.3 is 45.6 Å². The third-order valence-corrected chi connectivity index (χ3v) is 15.0. The molecule has 0 radical (unpaired) electrons. The summed E-state index contributed by atoms with van der Waals surface area (Å²) in [5.41, 5.74) is 4.65. The van der Waals surface area contributed by atoms with Gasteiger partial charge in [0.25, 0.3) is 17.7 Å². The van der Waals surface area contributed by atoms with Crippen LogP contribution in [0.1, 0.15) is 126 Å². The topological polar surface area (TPSA) is 305 Å². The van der Waals surface area contributed by atoms with Crippen LogP contribution in [0, 0.1) is 38.5 Å². The predicted molar refractivity (Wildman–Crippen MR) is 324 cm³/mol. The zero-order chi connectivity index (χ0) is 61.6. The number of pyridine rings is 6. The molecular formula is C63H66N18O6. The van der Waals surface area contributed by atoms with Gasteiger partial charge in [0.15, 0.2) is 0 Å². The molecule has 10 heterocycles. The van der Waals surface area contributed by atoms with Crippen molar-refractivity contribution in [2.45, 2.75) is 100 Å². The highest BCUT2D eigenvalue weighted by molar-refractivity contribution is 5.99. The van der Waals surface area contributed by atoms with E-state index in [0.717, 1.165) is 0 Å². The van der Waals surface area contributed by atoms with Gasteiger partial charge in [-0.2, -0.15) is 0 Å². The smallest absolute Gasteiger partial charge is 0.272 e. The lowest BCUT2D eigenvalue weighted by Crippen LogP contribution is -2.36. The van der Waals surface area contributed by atoms with Crippen LogP contribution in [0.4, 0.5) is 17.1 Å². The van der Waals surface area contributed by atoms with Crippen LogP contribution in [0.2, 0.25) is 0 Å². The van der Waals surface area contributed by atoms with E-state index in [-0.39, 0.29) is 71.3 Å². The highest BCUT2D eigenvalue weighted by Crippen LogP contribution is 2.33. The molecule has 1 aliphatic rings. The Balaban J connectivity index is 1.10. The van der Waals surface area contributed by atoms with Crippen LogP contribution in [-0.4, -0.2) is 94.0 Å². The van der Waals surface area contributed by atoms with Gasteiger partial charge in [0.1, 0.15) is 71.3 Å². The van der Waals surface area contributed by atoms with Crippen molar-refractivity contribution in [2.24, 2.45) is 17.8 Å². The summed E-state index contributed by atoms with van der Waals surface area (Å²) in [5.74, 6) is -4.26. The molecule has 10 rings (SSSR count). The average Bonchev–Trinajstić information content (AvgIpc) is 1.87. The zero-order valence-corrected chi connectivity index (χ0v) is 49.5. The molecule has 0 aromatic carbocycles. The van der Waals surface area contributed by atoms with E-state index in [1.807, 2.05) is 59.7 Å². The number of carbonyl (C=O) groups excluding carboxylic acids is 6. The number of rotatable bonds is 15. The fraction of sp³-hybridized carbons (Fsp3) is 0.286. The first-order chi connectivity index (χ1) is 41.9. The minimum absolute atomic E-state index is 0.0717. The number of aromatic nitrogens is 12. The summed E-state index contributed by atoms with van der Waals surface area (Å²) < 4.78 is 4.77. The molecule has 0 saturated heterocycles. The van der Waals surface area contributed by atoms with Crippen molar-refractivity contribution in [1.29, 1.82) is 0 Å². The maximum atomic E-state index is 15.2. The first-order valence-electron chi connectivity index (χ1n) is 28.5. The number of amides is 6. The quantitative estimate of drug-likeness (QED) is 0.0564. The molecule has 0 aliphatic carbocycles. The molecule has 87 heavy (non-hydrogen) atoms. The lowest BCUT2D eigenvalue weighted by atomic mass is 10.0. The van der Waals surface area contributed by atoms with Crippen LogP contribution < -0.4 is 31.9 Å². The summed E-state index contributed by atoms with van der Waals surface area (Å²) in [6.45, 7) is 15.0. The number of carbonyl (C=O) groups is 6. The zero-order valence-electron chi connectivity index (χ0n) is 49.5. The van der Waals surface area contributed by atoms with Crippen LogP contribution in [-0.2, 0) is 34.0 Å². The number of imidazole rings is 3. The van der Waals surface area contributed by atoms with E-state index >= 15 is 14.4 Å². The number of hydrogen-bond acceptors (Lipinski definition) is 15. The summed E-state index contributed by atoms with van der Waals surface area (Å²) in [7, 11) is 0. The Hall–Kier alpha value is -10.7. The second-order valence-corrected chi connectivity index (χ2v) is 22.0. The SMILES string of the molecule is Cc1c2nc(n1CC(=O)Nc1cccnc1-c1ccccn1)[C@H](C(C)C)NC(=O)c1nc(n(CC(=O)Nc3cccnc3-c3ccccn3)c1C)[C@H](C(C)C)NC(=O)c1nc(n(CC(=O)Nc3cccnc3-c3ccccn3)c1C)[C@H](C(C)C)NC2=O. The van der Waals surface area contributed by atoms with Gasteiger partial charge in [-0.05, 0) is 111 Å². The van der Waals surface area contributed by atoms with Gasteiger partial charge in [0.05, 0.1) is 52.3 Å². The van der Waals surface area contributed by atoms with Gasteiger partial charge in [-0.3, -0.25) is 58.7 Å². The van der Waals surface area contributed by atoms with Crippen LogP contribution in [0.3, 0.4) is 0 Å².